The minimum atomic E-state index is -2.25. The second kappa shape index (κ2) is 4.11. The Balaban J connectivity index is 3.02. The molecule has 0 radical (unpaired) electrons. The normalized spacial score (nSPS) is 13.7. The van der Waals surface area contributed by atoms with Gasteiger partial charge in [-0.1, -0.05) is 12.1 Å². The van der Waals surface area contributed by atoms with Crippen molar-refractivity contribution in [2.75, 3.05) is 0 Å². The van der Waals surface area contributed by atoms with Crippen LogP contribution in [0.3, 0.4) is 0 Å². The molecule has 0 bridgehead atoms. The van der Waals surface area contributed by atoms with Crippen molar-refractivity contribution < 1.29 is 13.5 Å². The van der Waals surface area contributed by atoms with Crippen molar-refractivity contribution in [3.8, 4) is 5.75 Å². The van der Waals surface area contributed by atoms with Crippen molar-refractivity contribution >= 4 is 11.1 Å². The molecule has 78 valence electrons. The highest BCUT2D eigenvalue weighted by Crippen LogP contribution is 2.24. The fourth-order valence-electron chi connectivity index (χ4n) is 1.00. The zero-order valence-corrected chi connectivity index (χ0v) is 9.26. The maximum atomic E-state index is 10.8. The van der Waals surface area contributed by atoms with Gasteiger partial charge in [0, 0.05) is 0 Å². The highest BCUT2D eigenvalue weighted by atomic mass is 32.2. The van der Waals surface area contributed by atoms with E-state index in [0.29, 0.717) is 5.75 Å². The number of rotatable bonds is 2. The van der Waals surface area contributed by atoms with Crippen LogP contribution in [0.1, 0.15) is 20.8 Å². The van der Waals surface area contributed by atoms with E-state index in [9.17, 15) is 8.76 Å². The summed E-state index contributed by atoms with van der Waals surface area (Å²) in [6, 6.07) is 6.58. The first-order chi connectivity index (χ1) is 6.40. The van der Waals surface area contributed by atoms with E-state index >= 15 is 0 Å². The molecule has 1 unspecified atom stereocenters. The minimum absolute atomic E-state index is 0.197. The number of hydrogen-bond acceptors (Lipinski definition) is 3. The van der Waals surface area contributed by atoms with Gasteiger partial charge in [0.05, 0.1) is 4.90 Å². The molecule has 1 atom stereocenters. The van der Waals surface area contributed by atoms with Crippen LogP contribution < -0.4 is 4.74 Å². The molecule has 1 rings (SSSR count). The van der Waals surface area contributed by atoms with Crippen molar-refractivity contribution in [1.82, 2.24) is 0 Å². The van der Waals surface area contributed by atoms with Gasteiger partial charge in [0.25, 0.3) is 0 Å². The Morgan fingerprint density at radius 3 is 2.36 bits per heavy atom. The van der Waals surface area contributed by atoms with Crippen LogP contribution in [-0.2, 0) is 11.1 Å². The van der Waals surface area contributed by atoms with Crippen molar-refractivity contribution in [3.63, 3.8) is 0 Å². The van der Waals surface area contributed by atoms with Gasteiger partial charge in [-0.2, -0.15) is 0 Å². The molecule has 0 N–H and O–H groups in total. The Kier molecular flexibility index (Phi) is 3.29. The van der Waals surface area contributed by atoms with Crippen molar-refractivity contribution in [2.45, 2.75) is 31.3 Å². The molecule has 0 aromatic heterocycles. The predicted molar refractivity (Wildman–Crippen MR) is 54.0 cm³/mol. The van der Waals surface area contributed by atoms with Gasteiger partial charge < -0.3 is 9.29 Å². The Morgan fingerprint density at radius 1 is 1.29 bits per heavy atom. The van der Waals surface area contributed by atoms with Crippen LogP contribution in [0.4, 0.5) is 0 Å². The molecule has 0 fully saturated rings. The molecular weight excluding hydrogens is 200 g/mol. The third-order valence-corrected chi connectivity index (χ3v) is 2.14. The van der Waals surface area contributed by atoms with Crippen molar-refractivity contribution in [1.29, 1.82) is 0 Å². The molecular formula is C10H13O3S-. The number of para-hydroxylation sites is 1. The Labute approximate surface area is 86.4 Å². The van der Waals surface area contributed by atoms with Crippen molar-refractivity contribution in [3.05, 3.63) is 24.3 Å². The molecule has 1 aromatic rings. The van der Waals surface area contributed by atoms with Gasteiger partial charge in [-0.05, 0) is 44.0 Å². The second-order valence-corrected chi connectivity index (χ2v) is 4.81. The van der Waals surface area contributed by atoms with Crippen molar-refractivity contribution in [2.24, 2.45) is 0 Å². The van der Waals surface area contributed by atoms with Gasteiger partial charge in [0.1, 0.15) is 11.4 Å². The Morgan fingerprint density at radius 2 is 1.86 bits per heavy atom. The van der Waals surface area contributed by atoms with E-state index in [1.165, 1.54) is 6.07 Å². The van der Waals surface area contributed by atoms with Gasteiger partial charge in [-0.25, -0.2) is 0 Å². The third kappa shape index (κ3) is 3.12. The first kappa shape index (κ1) is 11.2. The highest BCUT2D eigenvalue weighted by molar-refractivity contribution is 7.79. The van der Waals surface area contributed by atoms with Crippen LogP contribution in [0.2, 0.25) is 0 Å². The molecule has 0 amide bonds. The summed E-state index contributed by atoms with van der Waals surface area (Å²) in [5.74, 6) is 0.397. The largest absolute Gasteiger partial charge is 0.768 e. The quantitative estimate of drug-likeness (QED) is 0.707. The van der Waals surface area contributed by atoms with Crippen LogP contribution in [0.25, 0.3) is 0 Å². The molecule has 14 heavy (non-hydrogen) atoms. The zero-order valence-electron chi connectivity index (χ0n) is 8.44. The molecule has 0 saturated carbocycles. The monoisotopic (exact) mass is 213 g/mol. The lowest BCUT2D eigenvalue weighted by molar-refractivity contribution is 0.126. The average molecular weight is 213 g/mol. The van der Waals surface area contributed by atoms with E-state index < -0.39 is 16.7 Å². The summed E-state index contributed by atoms with van der Waals surface area (Å²) in [6.45, 7) is 5.62. The fraction of sp³-hybridized carbons (Fsp3) is 0.400. The molecule has 4 heteroatoms. The molecule has 0 aliphatic carbocycles. The van der Waals surface area contributed by atoms with E-state index in [1.54, 1.807) is 18.2 Å². The smallest absolute Gasteiger partial charge is 0.135 e. The van der Waals surface area contributed by atoms with Gasteiger partial charge in [-0.3, -0.25) is 4.21 Å². The van der Waals surface area contributed by atoms with Gasteiger partial charge in [0.2, 0.25) is 0 Å². The number of ether oxygens (including phenoxy) is 1. The SMILES string of the molecule is CC(C)(C)Oc1ccccc1S(=O)[O-]. The van der Waals surface area contributed by atoms with Crippen LogP contribution in [0, 0.1) is 0 Å². The maximum absolute atomic E-state index is 10.8. The second-order valence-electron chi connectivity index (χ2n) is 3.90. The summed E-state index contributed by atoms with van der Waals surface area (Å²) in [4.78, 5) is 0.197. The number of benzene rings is 1. The van der Waals surface area contributed by atoms with Crippen LogP contribution in [-0.4, -0.2) is 14.4 Å². The summed E-state index contributed by atoms with van der Waals surface area (Å²) < 4.78 is 27.2. The lowest BCUT2D eigenvalue weighted by Crippen LogP contribution is -2.23. The summed E-state index contributed by atoms with van der Waals surface area (Å²) in [5.41, 5.74) is -0.393. The zero-order chi connectivity index (χ0) is 10.8. The lowest BCUT2D eigenvalue weighted by Gasteiger charge is -2.23. The van der Waals surface area contributed by atoms with E-state index in [1.807, 2.05) is 20.8 Å². The molecule has 0 spiro atoms. The highest BCUT2D eigenvalue weighted by Gasteiger charge is 2.14. The summed E-state index contributed by atoms with van der Waals surface area (Å²) in [6.07, 6.45) is 0. The van der Waals surface area contributed by atoms with E-state index in [0.717, 1.165) is 0 Å². The van der Waals surface area contributed by atoms with Gasteiger partial charge >= 0.3 is 0 Å². The Bertz CT molecular complexity index is 341. The first-order valence-electron chi connectivity index (χ1n) is 4.27. The van der Waals surface area contributed by atoms with E-state index in [2.05, 4.69) is 0 Å². The van der Waals surface area contributed by atoms with Crippen LogP contribution in [0.5, 0.6) is 5.75 Å². The lowest BCUT2D eigenvalue weighted by atomic mass is 10.2. The number of hydrogen-bond donors (Lipinski definition) is 0. The fourth-order valence-corrected chi connectivity index (χ4v) is 1.47. The molecule has 0 aliphatic rings. The summed E-state index contributed by atoms with van der Waals surface area (Å²) >= 11 is -2.25. The first-order valence-corrected chi connectivity index (χ1v) is 5.35. The molecule has 0 aliphatic heterocycles. The van der Waals surface area contributed by atoms with Crippen LogP contribution in [0.15, 0.2) is 29.2 Å². The predicted octanol–water partition coefficient (Wildman–Crippen LogP) is 2.10. The van der Waals surface area contributed by atoms with Crippen LogP contribution >= 0.6 is 0 Å². The van der Waals surface area contributed by atoms with E-state index in [4.69, 9.17) is 4.74 Å². The maximum Gasteiger partial charge on any atom is 0.135 e. The topological polar surface area (TPSA) is 49.4 Å². The molecule has 0 heterocycles. The van der Waals surface area contributed by atoms with Gasteiger partial charge in [-0.15, -0.1) is 0 Å². The van der Waals surface area contributed by atoms with E-state index in [-0.39, 0.29) is 4.90 Å². The third-order valence-electron chi connectivity index (χ3n) is 1.44. The average Bonchev–Trinajstić information content (AvgIpc) is 2.01. The molecule has 1 aromatic carbocycles. The Hall–Kier alpha value is -0.870. The molecule has 0 saturated heterocycles. The van der Waals surface area contributed by atoms with Gasteiger partial charge in [0.15, 0.2) is 0 Å². The summed E-state index contributed by atoms with van der Waals surface area (Å²) in [7, 11) is 0. The minimum Gasteiger partial charge on any atom is -0.768 e. The summed E-state index contributed by atoms with van der Waals surface area (Å²) in [5, 5.41) is 0. The molecule has 3 nitrogen and oxygen atoms in total. The standard InChI is InChI=1S/C10H14O3S/c1-10(2,3)13-8-6-4-5-7-9(8)14(11)12/h4-7H,1-3H3,(H,11,12)/p-1.